The van der Waals surface area contributed by atoms with E-state index in [-0.39, 0.29) is 12.1 Å². The second-order valence-electron chi connectivity index (χ2n) is 5.08. The second kappa shape index (κ2) is 6.13. The van der Waals surface area contributed by atoms with Gasteiger partial charge < -0.3 is 14.5 Å². The van der Waals surface area contributed by atoms with Gasteiger partial charge in [0.25, 0.3) is 0 Å². The normalized spacial score (nSPS) is 12.9. The van der Waals surface area contributed by atoms with E-state index in [0.717, 1.165) is 29.5 Å². The van der Waals surface area contributed by atoms with Gasteiger partial charge in [-0.1, -0.05) is 6.92 Å². The number of hydrogen-bond acceptors (Lipinski definition) is 4. The van der Waals surface area contributed by atoms with Crippen molar-refractivity contribution < 1.29 is 9.15 Å². The number of furan rings is 1. The molecule has 2 rings (SSSR count). The molecule has 110 valence electrons. The van der Waals surface area contributed by atoms with Crippen LogP contribution in [0.4, 0.5) is 0 Å². The predicted molar refractivity (Wildman–Crippen MR) is 78.1 cm³/mol. The van der Waals surface area contributed by atoms with E-state index in [0.29, 0.717) is 0 Å². The zero-order valence-corrected chi connectivity index (χ0v) is 12.8. The summed E-state index contributed by atoms with van der Waals surface area (Å²) in [7, 11) is 1.67. The lowest BCUT2D eigenvalue weighted by Crippen LogP contribution is -2.25. The highest BCUT2D eigenvalue weighted by atomic mass is 16.5. The van der Waals surface area contributed by atoms with Gasteiger partial charge in [0.1, 0.15) is 23.3 Å². The minimum atomic E-state index is -0.0615. The molecule has 0 saturated carbocycles. The van der Waals surface area contributed by atoms with Crippen LogP contribution in [0.1, 0.15) is 50.1 Å². The first-order chi connectivity index (χ1) is 9.58. The quantitative estimate of drug-likeness (QED) is 0.881. The molecular formula is C15H23N3O2. The van der Waals surface area contributed by atoms with Crippen LogP contribution in [0.2, 0.25) is 0 Å². The Morgan fingerprint density at radius 2 is 2.15 bits per heavy atom. The second-order valence-corrected chi connectivity index (χ2v) is 5.08. The summed E-state index contributed by atoms with van der Waals surface area (Å²) < 4.78 is 13.2. The predicted octanol–water partition coefficient (Wildman–Crippen LogP) is 3.07. The third-order valence-corrected chi connectivity index (χ3v) is 3.24. The molecule has 1 N–H and O–H groups in total. The average Bonchev–Trinajstić information content (AvgIpc) is 3.01. The third-order valence-electron chi connectivity index (χ3n) is 3.24. The van der Waals surface area contributed by atoms with Crippen molar-refractivity contribution in [2.75, 3.05) is 13.7 Å². The van der Waals surface area contributed by atoms with Crippen LogP contribution in [0, 0.1) is 6.92 Å². The minimum absolute atomic E-state index is 0.0615. The van der Waals surface area contributed by atoms with Gasteiger partial charge in [-0.2, -0.15) is 5.10 Å². The van der Waals surface area contributed by atoms with Gasteiger partial charge >= 0.3 is 0 Å². The molecule has 0 aromatic carbocycles. The summed E-state index contributed by atoms with van der Waals surface area (Å²) in [6, 6.07) is 4.17. The molecule has 0 saturated heterocycles. The molecule has 2 heterocycles. The summed E-state index contributed by atoms with van der Waals surface area (Å²) >= 11 is 0. The maximum atomic E-state index is 5.80. The van der Waals surface area contributed by atoms with Crippen molar-refractivity contribution in [3.8, 4) is 5.75 Å². The summed E-state index contributed by atoms with van der Waals surface area (Å²) in [5.74, 6) is 2.56. The summed E-state index contributed by atoms with van der Waals surface area (Å²) in [6.07, 6.45) is 1.76. The van der Waals surface area contributed by atoms with E-state index in [2.05, 4.69) is 31.2 Å². The highest BCUT2D eigenvalue weighted by molar-refractivity contribution is 5.34. The Labute approximate surface area is 119 Å². The third kappa shape index (κ3) is 2.72. The van der Waals surface area contributed by atoms with E-state index >= 15 is 0 Å². The Bertz CT molecular complexity index is 557. The van der Waals surface area contributed by atoms with E-state index < -0.39 is 0 Å². The molecule has 0 bridgehead atoms. The van der Waals surface area contributed by atoms with E-state index in [1.807, 2.05) is 23.7 Å². The Kier molecular flexibility index (Phi) is 4.49. The first-order valence-corrected chi connectivity index (χ1v) is 6.99. The fourth-order valence-electron chi connectivity index (χ4n) is 2.34. The highest BCUT2D eigenvalue weighted by Gasteiger charge is 2.26. The number of hydrogen-bond donors (Lipinski definition) is 1. The van der Waals surface area contributed by atoms with Crippen molar-refractivity contribution in [2.24, 2.45) is 0 Å². The first-order valence-electron chi connectivity index (χ1n) is 6.99. The molecule has 0 spiro atoms. The molecule has 1 atom stereocenters. The lowest BCUT2D eigenvalue weighted by Gasteiger charge is -2.20. The van der Waals surface area contributed by atoms with Crippen LogP contribution < -0.4 is 10.1 Å². The number of aromatic nitrogens is 2. The Morgan fingerprint density at radius 1 is 1.40 bits per heavy atom. The molecule has 0 amide bonds. The van der Waals surface area contributed by atoms with Crippen molar-refractivity contribution in [1.82, 2.24) is 15.1 Å². The van der Waals surface area contributed by atoms with E-state index in [1.54, 1.807) is 13.3 Å². The molecule has 20 heavy (non-hydrogen) atoms. The van der Waals surface area contributed by atoms with Gasteiger partial charge in [-0.3, -0.25) is 4.68 Å². The maximum absolute atomic E-state index is 5.80. The fraction of sp³-hybridized carbons (Fsp3) is 0.533. The van der Waals surface area contributed by atoms with Gasteiger partial charge in [0, 0.05) is 6.04 Å². The average molecular weight is 277 g/mol. The molecule has 0 aliphatic heterocycles. The Balaban J connectivity index is 2.50. The van der Waals surface area contributed by atoms with Crippen LogP contribution in [-0.4, -0.2) is 23.4 Å². The summed E-state index contributed by atoms with van der Waals surface area (Å²) in [6.45, 7) is 9.06. The zero-order chi connectivity index (χ0) is 14.7. The van der Waals surface area contributed by atoms with Crippen LogP contribution in [0.25, 0.3) is 0 Å². The molecule has 2 aromatic heterocycles. The lowest BCUT2D eigenvalue weighted by atomic mass is 10.1. The number of nitrogens with one attached hydrogen (secondary N) is 1. The largest absolute Gasteiger partial charge is 0.493 e. The molecule has 0 radical (unpaired) electrons. The fourth-order valence-corrected chi connectivity index (χ4v) is 2.34. The monoisotopic (exact) mass is 277 g/mol. The van der Waals surface area contributed by atoms with Crippen molar-refractivity contribution in [1.29, 1.82) is 0 Å². The zero-order valence-electron chi connectivity index (χ0n) is 12.8. The number of aryl methyl sites for hydroxylation is 1. The first kappa shape index (κ1) is 14.7. The molecule has 1 unspecified atom stereocenters. The van der Waals surface area contributed by atoms with Crippen LogP contribution in [0.3, 0.4) is 0 Å². The van der Waals surface area contributed by atoms with Gasteiger partial charge in [-0.15, -0.1) is 0 Å². The SMILES string of the molecule is CCNC(c1ccc(C)o1)c1c(OC)cnn1C(C)C. The molecule has 0 aliphatic rings. The van der Waals surface area contributed by atoms with Crippen LogP contribution in [0.15, 0.2) is 22.7 Å². The number of rotatable bonds is 6. The molecule has 5 nitrogen and oxygen atoms in total. The standard InChI is InChI=1S/C15H23N3O2/c1-6-16-14(12-8-7-11(4)20-12)15-13(19-5)9-17-18(15)10(2)3/h7-10,14,16H,6H2,1-5H3. The van der Waals surface area contributed by atoms with Gasteiger partial charge in [0.05, 0.1) is 13.3 Å². The number of nitrogens with zero attached hydrogens (tertiary/aromatic N) is 2. The molecule has 0 fully saturated rings. The highest BCUT2D eigenvalue weighted by Crippen LogP contribution is 2.32. The number of methoxy groups -OCH3 is 1. The van der Waals surface area contributed by atoms with Gasteiger partial charge in [0.2, 0.25) is 0 Å². The van der Waals surface area contributed by atoms with Crippen LogP contribution >= 0.6 is 0 Å². The number of ether oxygens (including phenoxy) is 1. The van der Waals surface area contributed by atoms with Gasteiger partial charge in [-0.25, -0.2) is 0 Å². The molecule has 2 aromatic rings. The van der Waals surface area contributed by atoms with Crippen molar-refractivity contribution in [2.45, 2.75) is 39.8 Å². The van der Waals surface area contributed by atoms with Gasteiger partial charge in [-0.05, 0) is 39.4 Å². The van der Waals surface area contributed by atoms with Crippen molar-refractivity contribution >= 4 is 0 Å². The van der Waals surface area contributed by atoms with Crippen molar-refractivity contribution in [3.05, 3.63) is 35.5 Å². The van der Waals surface area contributed by atoms with Crippen LogP contribution in [0.5, 0.6) is 5.75 Å². The van der Waals surface area contributed by atoms with Crippen molar-refractivity contribution in [3.63, 3.8) is 0 Å². The van der Waals surface area contributed by atoms with E-state index in [1.165, 1.54) is 0 Å². The topological polar surface area (TPSA) is 52.2 Å². The van der Waals surface area contributed by atoms with E-state index in [4.69, 9.17) is 9.15 Å². The molecule has 5 heteroatoms. The van der Waals surface area contributed by atoms with Crippen LogP contribution in [-0.2, 0) is 0 Å². The Morgan fingerprint density at radius 3 is 2.65 bits per heavy atom. The minimum Gasteiger partial charge on any atom is -0.493 e. The van der Waals surface area contributed by atoms with E-state index in [9.17, 15) is 0 Å². The lowest BCUT2D eigenvalue weighted by molar-refractivity contribution is 0.373. The Hall–Kier alpha value is -1.75. The van der Waals surface area contributed by atoms with Gasteiger partial charge in [0.15, 0.2) is 5.75 Å². The summed E-state index contributed by atoms with van der Waals surface area (Å²) in [4.78, 5) is 0. The smallest absolute Gasteiger partial charge is 0.162 e. The summed E-state index contributed by atoms with van der Waals surface area (Å²) in [5.41, 5.74) is 0.999. The molecule has 0 aliphatic carbocycles. The maximum Gasteiger partial charge on any atom is 0.162 e. The summed E-state index contributed by atoms with van der Waals surface area (Å²) in [5, 5.41) is 7.88. The molecular weight excluding hydrogens is 254 g/mol.